The first kappa shape index (κ1) is 18.6. The molecule has 0 amide bonds. The Kier molecular flexibility index (Phi) is 7.37. The topological polar surface area (TPSA) is 48.9 Å². The van der Waals surface area contributed by atoms with Crippen LogP contribution in [0.1, 0.15) is 37.8 Å². The summed E-state index contributed by atoms with van der Waals surface area (Å²) in [5.74, 6) is 1.78. The van der Waals surface area contributed by atoms with Crippen LogP contribution >= 0.6 is 0 Å². The number of nitrogens with one attached hydrogen (secondary N) is 2. The Labute approximate surface area is 146 Å². The number of benzene rings is 1. The molecule has 0 aliphatic carbocycles. The third-order valence-electron chi connectivity index (χ3n) is 4.60. The second kappa shape index (κ2) is 9.52. The van der Waals surface area contributed by atoms with Gasteiger partial charge in [0.05, 0.1) is 13.7 Å². The Morgan fingerprint density at radius 1 is 1.33 bits per heavy atom. The van der Waals surface area contributed by atoms with Crippen molar-refractivity contribution in [3.05, 3.63) is 29.3 Å². The lowest BCUT2D eigenvalue weighted by molar-refractivity contribution is 0.267. The second-order valence-corrected chi connectivity index (χ2v) is 6.32. The molecular weight excluding hydrogens is 300 g/mol. The summed E-state index contributed by atoms with van der Waals surface area (Å²) in [6, 6.07) is 6.87. The minimum atomic E-state index is 0.612. The third kappa shape index (κ3) is 5.13. The van der Waals surface area contributed by atoms with Crippen LogP contribution in [0.25, 0.3) is 0 Å². The monoisotopic (exact) mass is 332 g/mol. The summed E-state index contributed by atoms with van der Waals surface area (Å²) in [6.45, 7) is 11.2. The number of ether oxygens (including phenoxy) is 1. The number of methoxy groups -OCH3 is 1. The Balaban J connectivity index is 1.97. The summed E-state index contributed by atoms with van der Waals surface area (Å²) < 4.78 is 5.47. The molecule has 0 radical (unpaired) electrons. The maximum absolute atomic E-state index is 5.47. The molecule has 134 valence electrons. The molecule has 1 aliphatic heterocycles. The van der Waals surface area contributed by atoms with Crippen LogP contribution in [0.4, 0.5) is 0 Å². The number of hydrogen-bond donors (Lipinski definition) is 2. The van der Waals surface area contributed by atoms with E-state index in [4.69, 9.17) is 9.73 Å². The quantitative estimate of drug-likeness (QED) is 0.595. The normalized spacial score (nSPS) is 18.7. The number of rotatable bonds is 7. The smallest absolute Gasteiger partial charge is 0.191 e. The van der Waals surface area contributed by atoms with Gasteiger partial charge in [0.15, 0.2) is 5.96 Å². The van der Waals surface area contributed by atoms with E-state index in [1.807, 2.05) is 0 Å². The van der Waals surface area contributed by atoms with E-state index in [2.05, 4.69) is 54.5 Å². The molecule has 24 heavy (non-hydrogen) atoms. The third-order valence-corrected chi connectivity index (χ3v) is 4.60. The molecule has 2 N–H and O–H groups in total. The van der Waals surface area contributed by atoms with E-state index in [1.165, 1.54) is 24.9 Å². The number of aliphatic imine (C=N–C) groups is 1. The molecule has 1 aromatic carbocycles. The van der Waals surface area contributed by atoms with Gasteiger partial charge in [-0.1, -0.05) is 19.1 Å². The fourth-order valence-electron chi connectivity index (χ4n) is 3.25. The summed E-state index contributed by atoms with van der Waals surface area (Å²) in [6.07, 6.45) is 2.57. The Morgan fingerprint density at radius 2 is 2.17 bits per heavy atom. The van der Waals surface area contributed by atoms with E-state index in [0.29, 0.717) is 12.6 Å². The molecule has 5 heteroatoms. The highest BCUT2D eigenvalue weighted by atomic mass is 16.5. The molecule has 1 heterocycles. The lowest BCUT2D eigenvalue weighted by atomic mass is 10.1. The van der Waals surface area contributed by atoms with Crippen molar-refractivity contribution in [3.63, 3.8) is 0 Å². The summed E-state index contributed by atoms with van der Waals surface area (Å²) in [7, 11) is 1.71. The lowest BCUT2D eigenvalue weighted by Gasteiger charge is -2.24. The van der Waals surface area contributed by atoms with Gasteiger partial charge in [-0.05, 0) is 51.4 Å². The Morgan fingerprint density at radius 3 is 2.88 bits per heavy atom. The van der Waals surface area contributed by atoms with E-state index >= 15 is 0 Å². The first-order valence-electron chi connectivity index (χ1n) is 9.07. The standard InChI is InChI=1S/C19H32N4O/c1-5-20-19(22-14-17-8-7-11-23(17)6-2)21-13-16-10-9-15(3)12-18(16)24-4/h9-10,12,17H,5-8,11,13-14H2,1-4H3,(H2,20,21,22). The predicted molar refractivity (Wildman–Crippen MR) is 101 cm³/mol. The molecule has 2 rings (SSSR count). The van der Waals surface area contributed by atoms with Crippen molar-refractivity contribution in [1.82, 2.24) is 15.5 Å². The molecule has 0 aromatic heterocycles. The van der Waals surface area contributed by atoms with Gasteiger partial charge in [0.2, 0.25) is 0 Å². The summed E-state index contributed by atoms with van der Waals surface area (Å²) >= 11 is 0. The number of nitrogens with zero attached hydrogens (tertiary/aromatic N) is 2. The van der Waals surface area contributed by atoms with Crippen LogP contribution in [0.2, 0.25) is 0 Å². The lowest BCUT2D eigenvalue weighted by Crippen LogP contribution is -2.44. The first-order valence-corrected chi connectivity index (χ1v) is 9.07. The molecular formula is C19H32N4O. The maximum atomic E-state index is 5.47. The van der Waals surface area contributed by atoms with Crippen LogP contribution in [0, 0.1) is 6.92 Å². The Hall–Kier alpha value is -1.75. The number of likely N-dealkylation sites (N-methyl/N-ethyl adjacent to an activating group) is 1. The summed E-state index contributed by atoms with van der Waals surface area (Å²) in [5.41, 5.74) is 2.31. The van der Waals surface area contributed by atoms with Gasteiger partial charge in [0.1, 0.15) is 5.75 Å². The highest BCUT2D eigenvalue weighted by Gasteiger charge is 2.22. The first-order chi connectivity index (χ1) is 11.7. The minimum absolute atomic E-state index is 0.612. The summed E-state index contributed by atoms with van der Waals surface area (Å²) in [4.78, 5) is 7.27. The van der Waals surface area contributed by atoms with Crippen LogP contribution in [0.3, 0.4) is 0 Å². The van der Waals surface area contributed by atoms with Crippen LogP contribution in [0.5, 0.6) is 5.75 Å². The molecule has 0 bridgehead atoms. The van der Waals surface area contributed by atoms with E-state index in [9.17, 15) is 0 Å². The van der Waals surface area contributed by atoms with Crippen LogP contribution in [-0.4, -0.2) is 50.2 Å². The van der Waals surface area contributed by atoms with Gasteiger partial charge >= 0.3 is 0 Å². The molecule has 1 fully saturated rings. The fourth-order valence-corrected chi connectivity index (χ4v) is 3.25. The molecule has 1 unspecified atom stereocenters. The minimum Gasteiger partial charge on any atom is -0.496 e. The van der Waals surface area contributed by atoms with E-state index in [1.54, 1.807) is 7.11 Å². The average molecular weight is 332 g/mol. The van der Waals surface area contributed by atoms with Crippen molar-refractivity contribution >= 4 is 5.96 Å². The molecule has 1 saturated heterocycles. The van der Waals surface area contributed by atoms with Gasteiger partial charge in [0, 0.05) is 24.7 Å². The zero-order valence-electron chi connectivity index (χ0n) is 15.6. The average Bonchev–Trinajstić information content (AvgIpc) is 3.05. The molecule has 1 atom stereocenters. The van der Waals surface area contributed by atoms with Crippen LogP contribution in [-0.2, 0) is 6.54 Å². The van der Waals surface area contributed by atoms with Gasteiger partial charge in [-0.15, -0.1) is 0 Å². The van der Waals surface area contributed by atoms with Crippen molar-refractivity contribution in [3.8, 4) is 5.75 Å². The van der Waals surface area contributed by atoms with Gasteiger partial charge < -0.3 is 15.4 Å². The number of likely N-dealkylation sites (tertiary alicyclic amines) is 1. The molecule has 0 spiro atoms. The maximum Gasteiger partial charge on any atom is 0.191 e. The van der Waals surface area contributed by atoms with Gasteiger partial charge in [0.25, 0.3) is 0 Å². The van der Waals surface area contributed by atoms with Crippen molar-refractivity contribution in [2.24, 2.45) is 4.99 Å². The highest BCUT2D eigenvalue weighted by molar-refractivity contribution is 5.79. The predicted octanol–water partition coefficient (Wildman–Crippen LogP) is 2.54. The van der Waals surface area contributed by atoms with E-state index < -0.39 is 0 Å². The molecule has 1 aromatic rings. The van der Waals surface area contributed by atoms with Crippen molar-refractivity contribution in [2.75, 3.05) is 33.3 Å². The highest BCUT2D eigenvalue weighted by Crippen LogP contribution is 2.20. The van der Waals surface area contributed by atoms with Crippen LogP contribution in [0.15, 0.2) is 23.2 Å². The SMILES string of the molecule is CCNC(=NCc1ccc(C)cc1OC)NCC1CCCN1CC. The van der Waals surface area contributed by atoms with E-state index in [0.717, 1.165) is 36.9 Å². The van der Waals surface area contributed by atoms with E-state index in [-0.39, 0.29) is 0 Å². The van der Waals surface area contributed by atoms with Crippen molar-refractivity contribution < 1.29 is 4.74 Å². The second-order valence-electron chi connectivity index (χ2n) is 6.32. The zero-order valence-corrected chi connectivity index (χ0v) is 15.6. The van der Waals surface area contributed by atoms with Crippen molar-refractivity contribution in [2.45, 2.75) is 46.2 Å². The van der Waals surface area contributed by atoms with Gasteiger partial charge in [-0.25, -0.2) is 4.99 Å². The molecule has 0 saturated carbocycles. The zero-order chi connectivity index (χ0) is 17.4. The van der Waals surface area contributed by atoms with Crippen LogP contribution < -0.4 is 15.4 Å². The molecule has 1 aliphatic rings. The number of aryl methyl sites for hydroxylation is 1. The molecule has 5 nitrogen and oxygen atoms in total. The Bertz CT molecular complexity index is 544. The summed E-state index contributed by atoms with van der Waals surface area (Å²) in [5, 5.41) is 6.84. The van der Waals surface area contributed by atoms with Gasteiger partial charge in [-0.2, -0.15) is 0 Å². The number of guanidine groups is 1. The van der Waals surface area contributed by atoms with Gasteiger partial charge in [-0.3, -0.25) is 4.90 Å². The van der Waals surface area contributed by atoms with Crippen molar-refractivity contribution in [1.29, 1.82) is 0 Å². The largest absolute Gasteiger partial charge is 0.496 e. The number of hydrogen-bond acceptors (Lipinski definition) is 3. The fraction of sp³-hybridized carbons (Fsp3) is 0.632.